The first-order valence-corrected chi connectivity index (χ1v) is 6.42. The van der Waals surface area contributed by atoms with Gasteiger partial charge in [0.1, 0.15) is 0 Å². The first-order chi connectivity index (χ1) is 8.54. The van der Waals surface area contributed by atoms with Crippen LogP contribution in [0.4, 0.5) is 5.69 Å². The summed E-state index contributed by atoms with van der Waals surface area (Å²) in [6.07, 6.45) is 1.62. The SMILES string of the molecule is Cc1ccc(NC(=O)c2cc(Cl)cc(Br)c2)cn1. The molecule has 92 valence electrons. The Morgan fingerprint density at radius 3 is 2.72 bits per heavy atom. The van der Waals surface area contributed by atoms with Gasteiger partial charge in [0, 0.05) is 20.8 Å². The highest BCUT2D eigenvalue weighted by Gasteiger charge is 2.08. The van der Waals surface area contributed by atoms with Crippen LogP contribution in [-0.2, 0) is 0 Å². The highest BCUT2D eigenvalue weighted by atomic mass is 79.9. The van der Waals surface area contributed by atoms with E-state index in [0.717, 1.165) is 10.2 Å². The Bertz CT molecular complexity index is 564. The standard InChI is InChI=1S/C13H10BrClN2O/c1-8-2-3-12(7-16-8)17-13(18)9-4-10(14)6-11(15)5-9/h2-7H,1H3,(H,17,18). The smallest absolute Gasteiger partial charge is 0.255 e. The number of amides is 1. The van der Waals surface area contributed by atoms with E-state index in [4.69, 9.17) is 11.6 Å². The van der Waals surface area contributed by atoms with E-state index < -0.39 is 0 Å². The van der Waals surface area contributed by atoms with E-state index in [1.165, 1.54) is 0 Å². The Kier molecular flexibility index (Phi) is 3.99. The minimum atomic E-state index is -0.219. The number of aryl methyl sites for hydroxylation is 1. The first-order valence-electron chi connectivity index (χ1n) is 5.25. The van der Waals surface area contributed by atoms with Gasteiger partial charge in [-0.05, 0) is 37.3 Å². The van der Waals surface area contributed by atoms with Gasteiger partial charge in [-0.3, -0.25) is 9.78 Å². The Labute approximate surface area is 118 Å². The van der Waals surface area contributed by atoms with Crippen molar-refractivity contribution in [3.63, 3.8) is 0 Å². The average Bonchev–Trinajstić information content (AvgIpc) is 2.31. The molecule has 3 nitrogen and oxygen atoms in total. The lowest BCUT2D eigenvalue weighted by Crippen LogP contribution is -2.12. The van der Waals surface area contributed by atoms with E-state index in [2.05, 4.69) is 26.2 Å². The maximum atomic E-state index is 12.0. The highest BCUT2D eigenvalue weighted by Crippen LogP contribution is 2.20. The van der Waals surface area contributed by atoms with Crippen LogP contribution >= 0.6 is 27.5 Å². The quantitative estimate of drug-likeness (QED) is 0.905. The molecule has 1 aromatic heterocycles. The van der Waals surface area contributed by atoms with Crippen LogP contribution in [0, 0.1) is 6.92 Å². The zero-order chi connectivity index (χ0) is 13.1. The number of benzene rings is 1. The molecular formula is C13H10BrClN2O. The number of nitrogens with zero attached hydrogens (tertiary/aromatic N) is 1. The van der Waals surface area contributed by atoms with Gasteiger partial charge in [-0.15, -0.1) is 0 Å². The second-order valence-corrected chi connectivity index (χ2v) is 5.15. The minimum absolute atomic E-state index is 0.219. The molecule has 0 aliphatic rings. The van der Waals surface area contributed by atoms with Gasteiger partial charge in [0.25, 0.3) is 5.91 Å². The molecule has 2 aromatic rings. The molecule has 0 atom stereocenters. The third-order valence-corrected chi connectivity index (χ3v) is 2.97. The van der Waals surface area contributed by atoms with E-state index in [9.17, 15) is 4.79 Å². The number of carbonyl (C=O) groups is 1. The number of hydrogen-bond acceptors (Lipinski definition) is 2. The van der Waals surface area contributed by atoms with Crippen LogP contribution in [0.15, 0.2) is 41.0 Å². The number of carbonyl (C=O) groups excluding carboxylic acids is 1. The molecule has 0 bridgehead atoms. The maximum Gasteiger partial charge on any atom is 0.255 e. The summed E-state index contributed by atoms with van der Waals surface area (Å²) in [5.41, 5.74) is 2.05. The van der Waals surface area contributed by atoms with Crippen LogP contribution < -0.4 is 5.32 Å². The predicted molar refractivity (Wildman–Crippen MR) is 76.1 cm³/mol. The number of rotatable bonds is 2. The molecule has 2 rings (SSSR count). The first kappa shape index (κ1) is 13.1. The lowest BCUT2D eigenvalue weighted by atomic mass is 10.2. The molecule has 1 N–H and O–H groups in total. The van der Waals surface area contributed by atoms with Crippen LogP contribution in [0.2, 0.25) is 5.02 Å². The lowest BCUT2D eigenvalue weighted by Gasteiger charge is -2.06. The predicted octanol–water partition coefficient (Wildman–Crippen LogP) is 4.06. The molecule has 0 fully saturated rings. The molecule has 0 saturated carbocycles. The van der Waals surface area contributed by atoms with E-state index in [1.54, 1.807) is 30.5 Å². The van der Waals surface area contributed by atoms with Crippen molar-refractivity contribution >= 4 is 39.1 Å². The van der Waals surface area contributed by atoms with Crippen LogP contribution in [0.5, 0.6) is 0 Å². The Morgan fingerprint density at radius 1 is 1.33 bits per heavy atom. The Morgan fingerprint density at radius 2 is 2.11 bits per heavy atom. The zero-order valence-electron chi connectivity index (χ0n) is 9.58. The van der Waals surface area contributed by atoms with Crippen molar-refractivity contribution in [2.75, 3.05) is 5.32 Å². The van der Waals surface area contributed by atoms with Gasteiger partial charge in [0.05, 0.1) is 11.9 Å². The fraction of sp³-hybridized carbons (Fsp3) is 0.0769. The number of nitrogens with one attached hydrogen (secondary N) is 1. The van der Waals surface area contributed by atoms with Gasteiger partial charge in [0.15, 0.2) is 0 Å². The molecule has 0 unspecified atom stereocenters. The normalized spacial score (nSPS) is 10.2. The van der Waals surface area contributed by atoms with Gasteiger partial charge in [-0.25, -0.2) is 0 Å². The van der Waals surface area contributed by atoms with E-state index >= 15 is 0 Å². The number of pyridine rings is 1. The summed E-state index contributed by atoms with van der Waals surface area (Å²) in [5.74, 6) is -0.219. The summed E-state index contributed by atoms with van der Waals surface area (Å²) in [6, 6.07) is 8.70. The van der Waals surface area contributed by atoms with Crippen molar-refractivity contribution in [2.45, 2.75) is 6.92 Å². The van der Waals surface area contributed by atoms with E-state index in [0.29, 0.717) is 16.3 Å². The second-order valence-electron chi connectivity index (χ2n) is 3.80. The summed E-state index contributed by atoms with van der Waals surface area (Å²) in [7, 11) is 0. The van der Waals surface area contributed by atoms with Crippen LogP contribution in [0.3, 0.4) is 0 Å². The molecule has 1 amide bonds. The zero-order valence-corrected chi connectivity index (χ0v) is 11.9. The fourth-order valence-electron chi connectivity index (χ4n) is 1.43. The van der Waals surface area contributed by atoms with Crippen molar-refractivity contribution in [3.8, 4) is 0 Å². The van der Waals surface area contributed by atoms with Crippen molar-refractivity contribution in [3.05, 3.63) is 57.3 Å². The summed E-state index contributed by atoms with van der Waals surface area (Å²) in [6.45, 7) is 1.89. The highest BCUT2D eigenvalue weighted by molar-refractivity contribution is 9.10. The van der Waals surface area contributed by atoms with Crippen molar-refractivity contribution in [2.24, 2.45) is 0 Å². The van der Waals surface area contributed by atoms with Crippen LogP contribution in [-0.4, -0.2) is 10.9 Å². The summed E-state index contributed by atoms with van der Waals surface area (Å²) in [4.78, 5) is 16.1. The Hall–Kier alpha value is -1.39. The largest absolute Gasteiger partial charge is 0.321 e. The van der Waals surface area contributed by atoms with Crippen molar-refractivity contribution in [1.82, 2.24) is 4.98 Å². The van der Waals surface area contributed by atoms with Gasteiger partial charge in [-0.2, -0.15) is 0 Å². The third kappa shape index (κ3) is 3.31. The molecule has 0 aliphatic heterocycles. The average molecular weight is 326 g/mol. The minimum Gasteiger partial charge on any atom is -0.321 e. The lowest BCUT2D eigenvalue weighted by molar-refractivity contribution is 0.102. The number of hydrogen-bond donors (Lipinski definition) is 1. The van der Waals surface area contributed by atoms with Crippen molar-refractivity contribution in [1.29, 1.82) is 0 Å². The molecule has 1 aromatic carbocycles. The van der Waals surface area contributed by atoms with Gasteiger partial charge < -0.3 is 5.32 Å². The van der Waals surface area contributed by atoms with Crippen molar-refractivity contribution < 1.29 is 4.79 Å². The van der Waals surface area contributed by atoms with Gasteiger partial charge in [0.2, 0.25) is 0 Å². The number of aromatic nitrogens is 1. The number of anilines is 1. The summed E-state index contributed by atoms with van der Waals surface area (Å²) < 4.78 is 0.766. The molecule has 0 aliphatic carbocycles. The summed E-state index contributed by atoms with van der Waals surface area (Å²) >= 11 is 9.20. The van der Waals surface area contributed by atoms with Gasteiger partial charge in [-0.1, -0.05) is 27.5 Å². The monoisotopic (exact) mass is 324 g/mol. The Balaban J connectivity index is 2.19. The van der Waals surface area contributed by atoms with E-state index in [-0.39, 0.29) is 5.91 Å². The van der Waals surface area contributed by atoms with Crippen LogP contribution in [0.25, 0.3) is 0 Å². The molecule has 5 heteroatoms. The molecule has 18 heavy (non-hydrogen) atoms. The molecule has 0 radical (unpaired) electrons. The van der Waals surface area contributed by atoms with E-state index in [1.807, 2.05) is 13.0 Å². The second kappa shape index (κ2) is 5.50. The number of halogens is 2. The topological polar surface area (TPSA) is 42.0 Å². The van der Waals surface area contributed by atoms with Crippen LogP contribution in [0.1, 0.15) is 16.1 Å². The third-order valence-electron chi connectivity index (χ3n) is 2.29. The maximum absolute atomic E-state index is 12.0. The summed E-state index contributed by atoms with van der Waals surface area (Å²) in [5, 5.41) is 3.27. The molecular weight excluding hydrogens is 316 g/mol. The molecule has 0 saturated heterocycles. The fourth-order valence-corrected chi connectivity index (χ4v) is 2.29. The van der Waals surface area contributed by atoms with Gasteiger partial charge >= 0.3 is 0 Å². The molecule has 1 heterocycles. The molecule has 0 spiro atoms.